The molecule has 2 N–H and O–H groups in total. The van der Waals surface area contributed by atoms with Gasteiger partial charge < -0.3 is 15.2 Å². The second-order valence-electron chi connectivity index (χ2n) is 8.54. The Morgan fingerprint density at radius 1 is 1.23 bits per heavy atom. The van der Waals surface area contributed by atoms with Gasteiger partial charge in [0.2, 0.25) is 10.1 Å². The van der Waals surface area contributed by atoms with Crippen LogP contribution in [0.4, 0.5) is 18.3 Å². The van der Waals surface area contributed by atoms with Crippen molar-refractivity contribution in [2.45, 2.75) is 38.6 Å². The molecule has 1 atom stereocenters. The minimum atomic E-state index is -4.60. The van der Waals surface area contributed by atoms with Crippen LogP contribution >= 0.6 is 11.3 Å². The number of anilines is 1. The second-order valence-corrected chi connectivity index (χ2v) is 9.49. The molecule has 1 aromatic carbocycles. The summed E-state index contributed by atoms with van der Waals surface area (Å²) in [6, 6.07) is 8.08. The first-order valence-electron chi connectivity index (χ1n) is 11.7. The van der Waals surface area contributed by atoms with Crippen molar-refractivity contribution in [3.05, 3.63) is 41.0 Å². The standard InChI is InChI=1S/C23H29F3N6O2S/c1-2-5-17(14-16-15-27-19-7-4-3-6-18(16)19)28-20(33)21-29-30-22(35-21)32-10-8-31(9-11-32)12-13-34-23(24,25)26/h3-4,6-7,15,17,27H,2,5,8-14H2,1H3,(H,28,33). The minimum absolute atomic E-state index is 0.0264. The van der Waals surface area contributed by atoms with Gasteiger partial charge in [0, 0.05) is 55.9 Å². The van der Waals surface area contributed by atoms with Crippen molar-refractivity contribution in [1.29, 1.82) is 0 Å². The molecule has 0 spiro atoms. The fourth-order valence-corrected chi connectivity index (χ4v) is 5.07. The number of aromatic nitrogens is 3. The molecular weight excluding hydrogens is 481 g/mol. The van der Waals surface area contributed by atoms with E-state index in [1.54, 1.807) is 0 Å². The van der Waals surface area contributed by atoms with Crippen molar-refractivity contribution in [3.8, 4) is 0 Å². The first-order valence-corrected chi connectivity index (χ1v) is 12.5. The third-order valence-corrected chi connectivity index (χ3v) is 7.02. The molecule has 1 aliphatic rings. The Bertz CT molecular complexity index is 1110. The number of piperazine rings is 1. The van der Waals surface area contributed by atoms with Gasteiger partial charge in [-0.15, -0.1) is 23.4 Å². The number of nitrogens with zero attached hydrogens (tertiary/aromatic N) is 4. The number of aromatic amines is 1. The van der Waals surface area contributed by atoms with Crippen LogP contribution in [-0.2, 0) is 11.2 Å². The van der Waals surface area contributed by atoms with Crippen LogP contribution in [0.1, 0.15) is 35.1 Å². The van der Waals surface area contributed by atoms with Crippen LogP contribution in [0.2, 0.25) is 0 Å². The molecule has 1 amide bonds. The summed E-state index contributed by atoms with van der Waals surface area (Å²) in [4.78, 5) is 20.1. The van der Waals surface area contributed by atoms with Crippen LogP contribution in [0, 0.1) is 0 Å². The number of rotatable bonds is 10. The zero-order chi connectivity index (χ0) is 24.8. The van der Waals surface area contributed by atoms with Crippen molar-refractivity contribution in [2.24, 2.45) is 0 Å². The predicted octanol–water partition coefficient (Wildman–Crippen LogP) is 3.82. The molecule has 2 aromatic heterocycles. The molecule has 4 rings (SSSR count). The molecular formula is C23H29F3N6O2S. The molecule has 3 heterocycles. The van der Waals surface area contributed by atoms with Gasteiger partial charge in [-0.2, -0.15) is 0 Å². The number of amides is 1. The number of halogens is 3. The van der Waals surface area contributed by atoms with Crippen molar-refractivity contribution in [2.75, 3.05) is 44.2 Å². The Hall–Kier alpha value is -2.70. The number of hydrogen-bond donors (Lipinski definition) is 2. The fourth-order valence-electron chi connectivity index (χ4n) is 4.28. The number of para-hydroxylation sites is 1. The maximum atomic E-state index is 12.9. The highest BCUT2D eigenvalue weighted by Crippen LogP contribution is 2.23. The molecule has 0 saturated carbocycles. The molecule has 3 aromatic rings. The van der Waals surface area contributed by atoms with E-state index in [9.17, 15) is 18.0 Å². The van der Waals surface area contributed by atoms with E-state index in [4.69, 9.17) is 0 Å². The number of carbonyl (C=O) groups is 1. The van der Waals surface area contributed by atoms with Gasteiger partial charge >= 0.3 is 6.36 Å². The zero-order valence-electron chi connectivity index (χ0n) is 19.5. The molecule has 8 nitrogen and oxygen atoms in total. The number of H-pyrrole nitrogens is 1. The maximum absolute atomic E-state index is 12.9. The number of hydrogen-bond acceptors (Lipinski definition) is 7. The van der Waals surface area contributed by atoms with Gasteiger partial charge in [-0.25, -0.2) is 0 Å². The summed E-state index contributed by atoms with van der Waals surface area (Å²) in [5.41, 5.74) is 2.24. The van der Waals surface area contributed by atoms with Crippen molar-refractivity contribution >= 4 is 33.3 Å². The first kappa shape index (κ1) is 25.4. The van der Waals surface area contributed by atoms with E-state index in [-0.39, 0.29) is 25.1 Å². The monoisotopic (exact) mass is 510 g/mol. The van der Waals surface area contributed by atoms with Crippen LogP contribution in [0.5, 0.6) is 0 Å². The highest BCUT2D eigenvalue weighted by Gasteiger charge is 2.29. The minimum Gasteiger partial charge on any atom is -0.361 e. The SMILES string of the molecule is CCCC(Cc1c[nH]c2ccccc12)NC(=O)c1nnc(N2CCN(CCOC(F)(F)F)CC2)s1. The Morgan fingerprint density at radius 3 is 2.74 bits per heavy atom. The fraction of sp³-hybridized carbons (Fsp3) is 0.522. The molecule has 0 bridgehead atoms. The number of benzene rings is 1. The zero-order valence-corrected chi connectivity index (χ0v) is 20.3. The van der Waals surface area contributed by atoms with E-state index in [1.807, 2.05) is 34.2 Å². The molecule has 0 aliphatic carbocycles. The Morgan fingerprint density at radius 2 is 2.00 bits per heavy atom. The van der Waals surface area contributed by atoms with Gasteiger partial charge in [-0.05, 0) is 24.5 Å². The van der Waals surface area contributed by atoms with Crippen LogP contribution < -0.4 is 10.2 Å². The summed E-state index contributed by atoms with van der Waals surface area (Å²) in [5.74, 6) is -0.241. The number of ether oxygens (including phenoxy) is 1. The average molecular weight is 511 g/mol. The van der Waals surface area contributed by atoms with E-state index in [0.29, 0.717) is 36.3 Å². The summed E-state index contributed by atoms with van der Waals surface area (Å²) in [7, 11) is 0. The highest BCUT2D eigenvalue weighted by molar-refractivity contribution is 7.17. The van der Waals surface area contributed by atoms with E-state index in [1.165, 1.54) is 11.3 Å². The summed E-state index contributed by atoms with van der Waals surface area (Å²) in [6.07, 6.45) is -0.104. The average Bonchev–Trinajstić information content (AvgIpc) is 3.47. The molecule has 0 radical (unpaired) electrons. The normalized spacial score (nSPS) is 16.1. The van der Waals surface area contributed by atoms with Gasteiger partial charge in [0.15, 0.2) is 0 Å². The van der Waals surface area contributed by atoms with Gasteiger partial charge in [0.25, 0.3) is 5.91 Å². The number of fused-ring (bicyclic) bond motifs is 1. The molecule has 1 saturated heterocycles. The van der Waals surface area contributed by atoms with Crippen LogP contribution in [0.25, 0.3) is 10.9 Å². The van der Waals surface area contributed by atoms with Gasteiger partial charge in [0.1, 0.15) is 0 Å². The number of carbonyl (C=O) groups excluding carboxylic acids is 1. The van der Waals surface area contributed by atoms with E-state index >= 15 is 0 Å². The second kappa shape index (κ2) is 11.4. The molecule has 1 unspecified atom stereocenters. The van der Waals surface area contributed by atoms with Crippen LogP contribution in [0.15, 0.2) is 30.5 Å². The third-order valence-electron chi connectivity index (χ3n) is 6.04. The lowest BCUT2D eigenvalue weighted by Gasteiger charge is -2.34. The highest BCUT2D eigenvalue weighted by atomic mass is 32.1. The largest absolute Gasteiger partial charge is 0.522 e. The summed E-state index contributed by atoms with van der Waals surface area (Å²) in [6.45, 7) is 4.29. The van der Waals surface area contributed by atoms with Crippen molar-refractivity contribution in [3.63, 3.8) is 0 Å². The van der Waals surface area contributed by atoms with Crippen molar-refractivity contribution in [1.82, 2.24) is 25.4 Å². The molecule has 1 fully saturated rings. The Labute approximate surface area is 205 Å². The van der Waals surface area contributed by atoms with Crippen LogP contribution in [0.3, 0.4) is 0 Å². The smallest absolute Gasteiger partial charge is 0.361 e. The van der Waals surface area contributed by atoms with Crippen LogP contribution in [-0.4, -0.2) is 77.7 Å². The number of nitrogens with one attached hydrogen (secondary N) is 2. The molecule has 12 heteroatoms. The lowest BCUT2D eigenvalue weighted by molar-refractivity contribution is -0.325. The van der Waals surface area contributed by atoms with Crippen molar-refractivity contribution < 1.29 is 22.7 Å². The quantitative estimate of drug-likeness (QED) is 0.431. The summed E-state index contributed by atoms with van der Waals surface area (Å²) < 4.78 is 40.3. The molecule has 190 valence electrons. The summed E-state index contributed by atoms with van der Waals surface area (Å²) >= 11 is 1.23. The molecule has 1 aliphatic heterocycles. The van der Waals surface area contributed by atoms with E-state index in [0.717, 1.165) is 35.7 Å². The van der Waals surface area contributed by atoms with Gasteiger partial charge in [-0.3, -0.25) is 14.4 Å². The van der Waals surface area contributed by atoms with Gasteiger partial charge in [-0.1, -0.05) is 42.9 Å². The summed E-state index contributed by atoms with van der Waals surface area (Å²) in [5, 5.41) is 13.5. The Kier molecular flexibility index (Phi) is 8.24. The number of alkyl halides is 3. The Balaban J connectivity index is 1.30. The topological polar surface area (TPSA) is 86.4 Å². The molecule has 35 heavy (non-hydrogen) atoms. The third kappa shape index (κ3) is 6.92. The first-order chi connectivity index (χ1) is 16.8. The lowest BCUT2D eigenvalue weighted by Crippen LogP contribution is -2.47. The predicted molar refractivity (Wildman–Crippen MR) is 129 cm³/mol. The van der Waals surface area contributed by atoms with Gasteiger partial charge in [0.05, 0.1) is 6.61 Å². The van der Waals surface area contributed by atoms with E-state index < -0.39 is 6.36 Å². The maximum Gasteiger partial charge on any atom is 0.522 e. The van der Waals surface area contributed by atoms with E-state index in [2.05, 4.69) is 38.2 Å². The lowest BCUT2D eigenvalue weighted by atomic mass is 10.0.